The number of ether oxygens (including phenoxy) is 2. The molecule has 0 radical (unpaired) electrons. The zero-order valence-corrected chi connectivity index (χ0v) is 20.3. The smallest absolute Gasteiger partial charge is 0.396 e. The summed E-state index contributed by atoms with van der Waals surface area (Å²) < 4.78 is 11.1. The van der Waals surface area contributed by atoms with E-state index in [0.717, 1.165) is 17.4 Å². The Labute approximate surface area is 207 Å². The van der Waals surface area contributed by atoms with Gasteiger partial charge in [-0.2, -0.15) is 0 Å². The maximum Gasteiger partial charge on any atom is 1.00 e. The number of aliphatic hydroxyl groups excluding tert-OH is 6. The Kier molecular flexibility index (Phi) is 13.8. The Hall–Kier alpha value is -2.21. The normalized spacial score (nSPS) is 15.3. The molecule has 196 valence electrons. The van der Waals surface area contributed by atoms with Gasteiger partial charge in [-0.1, -0.05) is 59.7 Å². The molecule has 1 heterocycles. The quantitative estimate of drug-likeness (QED) is 0.293. The largest absolute Gasteiger partial charge is 1.00 e. The van der Waals surface area contributed by atoms with Crippen molar-refractivity contribution in [2.45, 2.75) is 20.1 Å². The molecule has 0 amide bonds. The van der Waals surface area contributed by atoms with Gasteiger partial charge in [0.05, 0.1) is 63.7 Å². The third kappa shape index (κ3) is 9.75. The van der Waals surface area contributed by atoms with E-state index in [9.17, 15) is 15.0 Å². The van der Waals surface area contributed by atoms with Gasteiger partial charge in [0, 0.05) is 11.1 Å². The summed E-state index contributed by atoms with van der Waals surface area (Å²) in [5, 5.41) is 52.4. The number of benzene rings is 2. The summed E-state index contributed by atoms with van der Waals surface area (Å²) in [7, 11) is 0. The van der Waals surface area contributed by atoms with E-state index < -0.39 is 43.5 Å². The predicted molar refractivity (Wildman–Crippen MR) is 131 cm³/mol. The van der Waals surface area contributed by atoms with Gasteiger partial charge in [-0.25, -0.2) is 0 Å². The maximum atomic E-state index is 10.1. The fourth-order valence-corrected chi connectivity index (χ4v) is 2.69. The van der Waals surface area contributed by atoms with Gasteiger partial charge in [-0.3, -0.25) is 4.79 Å². The number of aldehydes is 1. The molecule has 1 fully saturated rings. The van der Waals surface area contributed by atoms with Crippen molar-refractivity contribution in [3.05, 3.63) is 70.8 Å². The molecule has 0 saturated carbocycles. The Morgan fingerprint density at radius 2 is 1.20 bits per heavy atom. The van der Waals surface area contributed by atoms with Crippen molar-refractivity contribution in [3.8, 4) is 0 Å². The summed E-state index contributed by atoms with van der Waals surface area (Å²) in [6.45, 7) is 2.73. The van der Waals surface area contributed by atoms with Crippen LogP contribution in [0.5, 0.6) is 0 Å². The molecule has 9 nitrogen and oxygen atoms in total. The first-order valence-electron chi connectivity index (χ1n) is 11.2. The molecule has 35 heavy (non-hydrogen) atoms. The van der Waals surface area contributed by atoms with E-state index in [1.807, 2.05) is 62.4 Å². The molecule has 0 aromatic heterocycles. The molecule has 0 aliphatic carbocycles. The number of hydrogen-bond acceptors (Lipinski definition) is 9. The predicted octanol–water partition coefficient (Wildman–Crippen LogP) is 0.873. The zero-order valence-electron chi connectivity index (χ0n) is 21.3. The molecule has 1 aliphatic heterocycles. The van der Waals surface area contributed by atoms with Crippen LogP contribution in [-0.2, 0) is 9.47 Å². The Bertz CT molecular complexity index is 808. The van der Waals surface area contributed by atoms with Crippen LogP contribution in [0.25, 0.3) is 0 Å². The second kappa shape index (κ2) is 15.7. The van der Waals surface area contributed by atoms with E-state index in [2.05, 4.69) is 0 Å². The lowest BCUT2D eigenvalue weighted by Gasteiger charge is -2.37. The number of rotatable bonds is 8. The summed E-state index contributed by atoms with van der Waals surface area (Å²) in [6, 6.07) is 15.4. The molecule has 1 saturated heterocycles. The number of aryl methyl sites for hydroxylation is 2. The average molecular weight is 496 g/mol. The number of hydrogen-bond donors (Lipinski definition) is 6. The molecular weight excluding hydrogens is 456 g/mol. The van der Waals surface area contributed by atoms with Crippen LogP contribution >= 0.6 is 0 Å². The molecule has 6 N–H and O–H groups in total. The molecule has 0 bridgehead atoms. The van der Waals surface area contributed by atoms with Crippen LogP contribution in [-0.4, -0.2) is 89.8 Å². The second-order valence-corrected chi connectivity index (χ2v) is 8.84. The van der Waals surface area contributed by atoms with E-state index in [4.69, 9.17) is 29.9 Å². The van der Waals surface area contributed by atoms with Gasteiger partial charge >= 0.3 is 1.43 Å². The van der Waals surface area contributed by atoms with Crippen molar-refractivity contribution < 1.29 is 46.3 Å². The van der Waals surface area contributed by atoms with Crippen LogP contribution in [0.3, 0.4) is 0 Å². The molecule has 0 spiro atoms. The standard InChI is InChI=1S/C13H18O4.C8H8O.C5H12O4/c1-10-2-4-11(5-3-10)12-16-8-13(6-14,7-15)9-17-12;1-7-2-4-8(6-9)5-3-7;6-1-5(2-7,3-8)4-9/h2-5,12,14-15H,6-9H2,1H3;2-6H,1H3;6-9H,1-4H2/p+1. The summed E-state index contributed by atoms with van der Waals surface area (Å²) in [4.78, 5) is 10.1. The number of carbonyl (C=O) groups excluding carboxylic acids is 1. The molecule has 0 atom stereocenters. The SMILES string of the molecule is Cc1ccc(C2OCC(CO)(CO)CO2)cc1.Cc1ccc(C=O)cc1.OCC(CO)(CO)CO.[H+]. The highest BCUT2D eigenvalue weighted by molar-refractivity contribution is 5.74. The first-order chi connectivity index (χ1) is 16.8. The van der Waals surface area contributed by atoms with Crippen molar-refractivity contribution in [1.82, 2.24) is 0 Å². The summed E-state index contributed by atoms with van der Waals surface area (Å²) in [5.74, 6) is 0. The molecule has 3 rings (SSSR count). The van der Waals surface area contributed by atoms with E-state index in [-0.39, 0.29) is 14.6 Å². The van der Waals surface area contributed by atoms with Crippen molar-refractivity contribution in [3.63, 3.8) is 0 Å². The van der Waals surface area contributed by atoms with E-state index >= 15 is 0 Å². The average Bonchev–Trinajstić information content (AvgIpc) is 2.92. The Morgan fingerprint density at radius 3 is 1.51 bits per heavy atom. The maximum absolute atomic E-state index is 10.1. The zero-order chi connectivity index (χ0) is 26.3. The van der Waals surface area contributed by atoms with Crippen LogP contribution in [0.2, 0.25) is 0 Å². The fraction of sp³-hybridized carbons (Fsp3) is 0.500. The van der Waals surface area contributed by atoms with E-state index in [1.165, 1.54) is 11.1 Å². The van der Waals surface area contributed by atoms with Gasteiger partial charge < -0.3 is 40.1 Å². The number of aliphatic hydroxyl groups is 6. The van der Waals surface area contributed by atoms with Crippen molar-refractivity contribution in [1.29, 1.82) is 0 Å². The van der Waals surface area contributed by atoms with Crippen molar-refractivity contribution >= 4 is 6.29 Å². The van der Waals surface area contributed by atoms with Crippen molar-refractivity contribution in [2.24, 2.45) is 10.8 Å². The highest BCUT2D eigenvalue weighted by Gasteiger charge is 2.36. The van der Waals surface area contributed by atoms with Gasteiger partial charge in [0.2, 0.25) is 0 Å². The molecule has 2 aromatic rings. The summed E-state index contributed by atoms with van der Waals surface area (Å²) >= 11 is 0. The van der Waals surface area contributed by atoms with Crippen LogP contribution < -0.4 is 0 Å². The minimum Gasteiger partial charge on any atom is -0.396 e. The van der Waals surface area contributed by atoms with Gasteiger partial charge in [0.1, 0.15) is 6.29 Å². The molecule has 0 unspecified atom stereocenters. The lowest BCUT2D eigenvalue weighted by molar-refractivity contribution is -0.248. The van der Waals surface area contributed by atoms with Crippen LogP contribution in [0.4, 0.5) is 0 Å². The lowest BCUT2D eigenvalue weighted by Crippen LogP contribution is -2.44. The van der Waals surface area contributed by atoms with Crippen LogP contribution in [0.1, 0.15) is 34.8 Å². The highest BCUT2D eigenvalue weighted by atomic mass is 16.7. The van der Waals surface area contributed by atoms with E-state index in [1.54, 1.807) is 0 Å². The van der Waals surface area contributed by atoms with Crippen LogP contribution in [0.15, 0.2) is 48.5 Å². The minimum absolute atomic E-state index is 0. The first kappa shape index (κ1) is 30.8. The van der Waals surface area contributed by atoms with E-state index in [0.29, 0.717) is 13.2 Å². The highest BCUT2D eigenvalue weighted by Crippen LogP contribution is 2.31. The van der Waals surface area contributed by atoms with Crippen molar-refractivity contribution in [2.75, 3.05) is 52.9 Å². The number of carbonyl (C=O) groups is 1. The summed E-state index contributed by atoms with van der Waals surface area (Å²) in [5.41, 5.74) is 2.28. The lowest BCUT2D eigenvalue weighted by atomic mass is 9.91. The molecular formula is C26H39O9+. The third-order valence-electron chi connectivity index (χ3n) is 5.66. The fourth-order valence-electron chi connectivity index (χ4n) is 2.69. The first-order valence-corrected chi connectivity index (χ1v) is 11.2. The Balaban J connectivity index is 0.000000552. The van der Waals surface area contributed by atoms with Crippen LogP contribution in [0, 0.1) is 24.7 Å². The topological polar surface area (TPSA) is 157 Å². The van der Waals surface area contributed by atoms with Gasteiger partial charge in [0.15, 0.2) is 6.29 Å². The second-order valence-electron chi connectivity index (χ2n) is 8.84. The van der Waals surface area contributed by atoms with Gasteiger partial charge in [0.25, 0.3) is 0 Å². The monoisotopic (exact) mass is 495 g/mol. The summed E-state index contributed by atoms with van der Waals surface area (Å²) in [6.07, 6.45) is 0.446. The van der Waals surface area contributed by atoms with Gasteiger partial charge in [-0.05, 0) is 13.8 Å². The molecule has 1 aliphatic rings. The Morgan fingerprint density at radius 1 is 0.800 bits per heavy atom. The molecule has 2 aromatic carbocycles. The molecule has 9 heteroatoms. The van der Waals surface area contributed by atoms with Gasteiger partial charge in [-0.15, -0.1) is 0 Å². The third-order valence-corrected chi connectivity index (χ3v) is 5.66. The minimum atomic E-state index is -1.11.